The largest absolute Gasteiger partial charge is 0.497 e. The molecule has 2 aromatic carbocycles. The number of anilines is 1. The highest BCUT2D eigenvalue weighted by molar-refractivity contribution is 6.01. The summed E-state index contributed by atoms with van der Waals surface area (Å²) in [6, 6.07) is 9.72. The summed E-state index contributed by atoms with van der Waals surface area (Å²) in [5.41, 5.74) is 4.72. The van der Waals surface area contributed by atoms with Gasteiger partial charge in [-0.1, -0.05) is 0 Å². The van der Waals surface area contributed by atoms with Gasteiger partial charge in [0, 0.05) is 41.4 Å². The van der Waals surface area contributed by atoms with E-state index in [4.69, 9.17) is 18.9 Å². The Hall–Kier alpha value is -3.15. The third-order valence-corrected chi connectivity index (χ3v) is 5.59. The maximum Gasteiger partial charge on any atom is 0.231 e. The molecule has 0 bridgehead atoms. The number of rotatable bonds is 3. The number of hydrogen-bond donors (Lipinski definition) is 1. The number of fused-ring (bicyclic) bond motifs is 2. The SMILES string of the molecule is COc1cc(OC)cc(C2C3=C(CCCC3=O)Nc3cc4c(cc32)OCO4)c1. The van der Waals surface area contributed by atoms with Gasteiger partial charge in [-0.2, -0.15) is 0 Å². The quantitative estimate of drug-likeness (QED) is 0.870. The fourth-order valence-electron chi connectivity index (χ4n) is 4.29. The highest BCUT2D eigenvalue weighted by Gasteiger charge is 2.37. The highest BCUT2D eigenvalue weighted by atomic mass is 16.7. The smallest absolute Gasteiger partial charge is 0.231 e. The van der Waals surface area contributed by atoms with Gasteiger partial charge in [-0.05, 0) is 42.2 Å². The molecule has 0 saturated heterocycles. The second-order valence-electron chi connectivity index (χ2n) is 7.17. The first-order chi connectivity index (χ1) is 13.7. The second kappa shape index (κ2) is 6.48. The Morgan fingerprint density at radius 3 is 2.39 bits per heavy atom. The van der Waals surface area contributed by atoms with E-state index in [0.29, 0.717) is 23.7 Å². The van der Waals surface area contributed by atoms with Crippen molar-refractivity contribution in [2.24, 2.45) is 0 Å². The molecule has 0 saturated carbocycles. The zero-order chi connectivity index (χ0) is 19.3. The fourth-order valence-corrected chi connectivity index (χ4v) is 4.29. The first-order valence-electron chi connectivity index (χ1n) is 9.37. The van der Waals surface area contributed by atoms with Crippen LogP contribution in [0.5, 0.6) is 23.0 Å². The predicted octanol–water partition coefficient (Wildman–Crippen LogP) is 4.00. The van der Waals surface area contributed by atoms with E-state index in [0.717, 1.165) is 46.7 Å². The fraction of sp³-hybridized carbons (Fsp3) is 0.318. The standard InChI is InChI=1S/C22H21NO5/c1-25-13-6-12(7-14(8-13)26-2)21-15-9-19-20(28-11-27-19)10-17(15)23-16-4-3-5-18(24)22(16)21/h6-10,21,23H,3-5,11H2,1-2H3. The Bertz CT molecular complexity index is 988. The summed E-state index contributed by atoms with van der Waals surface area (Å²) in [6.45, 7) is 0.210. The van der Waals surface area contributed by atoms with Crippen molar-refractivity contribution in [1.82, 2.24) is 0 Å². The number of carbonyl (C=O) groups is 1. The Morgan fingerprint density at radius 1 is 0.964 bits per heavy atom. The molecule has 0 spiro atoms. The second-order valence-corrected chi connectivity index (χ2v) is 7.17. The minimum absolute atomic E-state index is 0.184. The molecule has 5 rings (SSSR count). The van der Waals surface area contributed by atoms with Crippen LogP contribution in [0.25, 0.3) is 0 Å². The number of ether oxygens (including phenoxy) is 4. The lowest BCUT2D eigenvalue weighted by Gasteiger charge is -2.34. The summed E-state index contributed by atoms with van der Waals surface area (Å²) < 4.78 is 22.1. The molecular weight excluding hydrogens is 358 g/mol. The van der Waals surface area contributed by atoms with Crippen LogP contribution in [-0.2, 0) is 4.79 Å². The van der Waals surface area contributed by atoms with Crippen LogP contribution in [0.3, 0.4) is 0 Å². The molecule has 1 aliphatic carbocycles. The Balaban J connectivity index is 1.74. The summed E-state index contributed by atoms with van der Waals surface area (Å²) in [5.74, 6) is 2.79. The van der Waals surface area contributed by atoms with Crippen LogP contribution >= 0.6 is 0 Å². The van der Waals surface area contributed by atoms with Crippen molar-refractivity contribution in [2.45, 2.75) is 25.2 Å². The van der Waals surface area contributed by atoms with Crippen molar-refractivity contribution in [3.8, 4) is 23.0 Å². The van der Waals surface area contributed by atoms with Crippen LogP contribution < -0.4 is 24.3 Å². The molecule has 144 valence electrons. The van der Waals surface area contributed by atoms with E-state index < -0.39 is 0 Å². The Morgan fingerprint density at radius 2 is 1.68 bits per heavy atom. The summed E-state index contributed by atoms with van der Waals surface area (Å²) in [7, 11) is 3.26. The summed E-state index contributed by atoms with van der Waals surface area (Å²) in [6.07, 6.45) is 2.28. The molecule has 1 atom stereocenters. The molecule has 1 unspecified atom stereocenters. The minimum Gasteiger partial charge on any atom is -0.497 e. The molecule has 0 aromatic heterocycles. The van der Waals surface area contributed by atoms with E-state index in [1.54, 1.807) is 14.2 Å². The average molecular weight is 379 g/mol. The van der Waals surface area contributed by atoms with Gasteiger partial charge in [0.25, 0.3) is 0 Å². The van der Waals surface area contributed by atoms with Crippen LogP contribution in [0.2, 0.25) is 0 Å². The van der Waals surface area contributed by atoms with Gasteiger partial charge < -0.3 is 24.3 Å². The number of Topliss-reactive ketones (excluding diaryl/α,β-unsaturated/α-hetero) is 1. The van der Waals surface area contributed by atoms with E-state index in [1.165, 1.54) is 0 Å². The molecule has 2 heterocycles. The molecule has 6 nitrogen and oxygen atoms in total. The lowest BCUT2D eigenvalue weighted by molar-refractivity contribution is -0.116. The van der Waals surface area contributed by atoms with Crippen LogP contribution in [0.1, 0.15) is 36.3 Å². The lowest BCUT2D eigenvalue weighted by Crippen LogP contribution is -2.26. The summed E-state index contributed by atoms with van der Waals surface area (Å²) in [4.78, 5) is 12.9. The number of hydrogen-bond acceptors (Lipinski definition) is 6. The van der Waals surface area contributed by atoms with Gasteiger partial charge in [0.2, 0.25) is 6.79 Å². The van der Waals surface area contributed by atoms with E-state index >= 15 is 0 Å². The van der Waals surface area contributed by atoms with E-state index in [9.17, 15) is 4.79 Å². The number of benzene rings is 2. The van der Waals surface area contributed by atoms with Gasteiger partial charge in [0.15, 0.2) is 17.3 Å². The van der Waals surface area contributed by atoms with Gasteiger partial charge in [-0.3, -0.25) is 4.79 Å². The van der Waals surface area contributed by atoms with Crippen LogP contribution in [0.4, 0.5) is 5.69 Å². The molecule has 6 heteroatoms. The normalized spacial score (nSPS) is 19.6. The topological polar surface area (TPSA) is 66.0 Å². The van der Waals surface area contributed by atoms with Gasteiger partial charge in [0.1, 0.15) is 11.5 Å². The number of nitrogens with one attached hydrogen (secondary N) is 1. The van der Waals surface area contributed by atoms with E-state index in [-0.39, 0.29) is 18.5 Å². The molecular formula is C22H21NO5. The molecule has 28 heavy (non-hydrogen) atoms. The van der Waals surface area contributed by atoms with Crippen molar-refractivity contribution >= 4 is 11.5 Å². The number of allylic oxidation sites excluding steroid dienone is 2. The van der Waals surface area contributed by atoms with Gasteiger partial charge in [0.05, 0.1) is 14.2 Å². The van der Waals surface area contributed by atoms with E-state index in [2.05, 4.69) is 5.32 Å². The molecule has 3 aliphatic rings. The summed E-state index contributed by atoms with van der Waals surface area (Å²) >= 11 is 0. The van der Waals surface area contributed by atoms with Crippen molar-refractivity contribution in [2.75, 3.05) is 26.3 Å². The molecule has 0 fully saturated rings. The van der Waals surface area contributed by atoms with Crippen LogP contribution in [-0.4, -0.2) is 26.8 Å². The van der Waals surface area contributed by atoms with Crippen molar-refractivity contribution in [3.05, 3.63) is 52.7 Å². The molecule has 1 N–H and O–H groups in total. The van der Waals surface area contributed by atoms with Crippen molar-refractivity contribution in [1.29, 1.82) is 0 Å². The average Bonchev–Trinajstić information content (AvgIpc) is 3.17. The minimum atomic E-state index is -0.211. The number of methoxy groups -OCH3 is 2. The van der Waals surface area contributed by atoms with Crippen LogP contribution in [0.15, 0.2) is 41.6 Å². The summed E-state index contributed by atoms with van der Waals surface area (Å²) in [5, 5.41) is 3.48. The van der Waals surface area contributed by atoms with Gasteiger partial charge in [-0.15, -0.1) is 0 Å². The number of carbonyl (C=O) groups excluding carboxylic acids is 1. The maximum absolute atomic E-state index is 12.9. The third kappa shape index (κ3) is 2.59. The molecule has 0 amide bonds. The monoisotopic (exact) mass is 379 g/mol. The van der Waals surface area contributed by atoms with Crippen molar-refractivity contribution < 1.29 is 23.7 Å². The molecule has 2 aromatic rings. The van der Waals surface area contributed by atoms with E-state index in [1.807, 2.05) is 30.3 Å². The van der Waals surface area contributed by atoms with Crippen molar-refractivity contribution in [3.63, 3.8) is 0 Å². The lowest BCUT2D eigenvalue weighted by atomic mass is 9.75. The van der Waals surface area contributed by atoms with Gasteiger partial charge >= 0.3 is 0 Å². The predicted molar refractivity (Wildman–Crippen MR) is 103 cm³/mol. The first-order valence-corrected chi connectivity index (χ1v) is 9.37. The van der Waals surface area contributed by atoms with Gasteiger partial charge in [-0.25, -0.2) is 0 Å². The zero-order valence-corrected chi connectivity index (χ0v) is 15.8. The molecule has 0 radical (unpaired) electrons. The highest BCUT2D eigenvalue weighted by Crippen LogP contribution is 2.50. The Labute approximate surface area is 163 Å². The van der Waals surface area contributed by atoms with Crippen LogP contribution in [0, 0.1) is 0 Å². The first kappa shape index (κ1) is 17.0. The number of ketones is 1. The molecule has 2 aliphatic heterocycles. The zero-order valence-electron chi connectivity index (χ0n) is 15.8. The third-order valence-electron chi connectivity index (χ3n) is 5.59. The Kier molecular flexibility index (Phi) is 3.93. The maximum atomic E-state index is 12.9.